The van der Waals surface area contributed by atoms with Crippen molar-refractivity contribution in [3.05, 3.63) is 35.5 Å². The lowest BCUT2D eigenvalue weighted by atomic mass is 10.0. The van der Waals surface area contributed by atoms with E-state index in [0.717, 1.165) is 30.5 Å². The molecule has 2 atom stereocenters. The highest BCUT2D eigenvalue weighted by Gasteiger charge is 2.41. The quantitative estimate of drug-likeness (QED) is 0.924. The molecule has 5 nitrogen and oxygen atoms in total. The molecule has 2 aromatic rings. The Kier molecular flexibility index (Phi) is 3.74. The zero-order chi connectivity index (χ0) is 17.1. The Hall–Kier alpha value is -1.37. The fourth-order valence-corrected chi connectivity index (χ4v) is 5.72. The van der Waals surface area contributed by atoms with Gasteiger partial charge >= 0.3 is 0 Å². The van der Waals surface area contributed by atoms with Crippen molar-refractivity contribution in [2.75, 3.05) is 13.6 Å². The summed E-state index contributed by atoms with van der Waals surface area (Å²) in [7, 11) is -1.72. The number of para-hydroxylation sites is 1. The first-order valence-corrected chi connectivity index (χ1v) is 10.1. The predicted molar refractivity (Wildman–Crippen MR) is 96.0 cm³/mol. The van der Waals surface area contributed by atoms with Gasteiger partial charge in [0.15, 0.2) is 0 Å². The maximum atomic E-state index is 13.1. The summed E-state index contributed by atoms with van der Waals surface area (Å²) in [4.78, 5) is 3.45. The van der Waals surface area contributed by atoms with Gasteiger partial charge in [-0.2, -0.15) is 17.0 Å². The van der Waals surface area contributed by atoms with Crippen molar-refractivity contribution >= 4 is 21.1 Å². The van der Waals surface area contributed by atoms with Crippen LogP contribution in [0.25, 0.3) is 10.9 Å². The van der Waals surface area contributed by atoms with E-state index in [9.17, 15) is 8.42 Å². The lowest BCUT2D eigenvalue weighted by molar-refractivity contribution is 0.269. The van der Waals surface area contributed by atoms with Crippen LogP contribution in [-0.2, 0) is 16.6 Å². The summed E-state index contributed by atoms with van der Waals surface area (Å²) < 4.78 is 29.5. The van der Waals surface area contributed by atoms with Crippen molar-refractivity contribution < 1.29 is 8.42 Å². The largest absolute Gasteiger partial charge is 0.357 e. The van der Waals surface area contributed by atoms with Gasteiger partial charge in [-0.3, -0.25) is 0 Å². The van der Waals surface area contributed by atoms with Gasteiger partial charge in [-0.1, -0.05) is 18.2 Å². The highest BCUT2D eigenvalue weighted by molar-refractivity contribution is 7.86. The van der Waals surface area contributed by atoms with Crippen molar-refractivity contribution in [3.63, 3.8) is 0 Å². The van der Waals surface area contributed by atoms with E-state index < -0.39 is 10.2 Å². The van der Waals surface area contributed by atoms with Crippen LogP contribution in [-0.4, -0.2) is 41.6 Å². The van der Waals surface area contributed by atoms with Gasteiger partial charge in [0.25, 0.3) is 10.2 Å². The Morgan fingerprint density at radius 3 is 2.71 bits per heavy atom. The third-order valence-corrected chi connectivity index (χ3v) is 7.97. The van der Waals surface area contributed by atoms with Crippen molar-refractivity contribution in [2.45, 2.75) is 45.2 Å². The smallest absolute Gasteiger partial charge is 0.282 e. The number of aromatic amines is 1. The molecule has 1 aliphatic carbocycles. The van der Waals surface area contributed by atoms with E-state index in [-0.39, 0.29) is 12.1 Å². The number of fused-ring (bicyclic) bond motifs is 3. The molecule has 1 aromatic carbocycles. The Balaban J connectivity index is 1.68. The third-order valence-electron chi connectivity index (χ3n) is 5.82. The second kappa shape index (κ2) is 5.58. The summed E-state index contributed by atoms with van der Waals surface area (Å²) in [6, 6.07) is 8.12. The van der Waals surface area contributed by atoms with Crippen molar-refractivity contribution in [1.82, 2.24) is 13.6 Å². The molecule has 4 rings (SSSR count). The average molecular weight is 347 g/mol. The Morgan fingerprint density at radius 2 is 2.00 bits per heavy atom. The molecule has 0 unspecified atom stereocenters. The number of hydrogen-bond acceptors (Lipinski definition) is 2. The van der Waals surface area contributed by atoms with Crippen LogP contribution in [0, 0.1) is 5.92 Å². The summed E-state index contributed by atoms with van der Waals surface area (Å²) >= 11 is 0. The van der Waals surface area contributed by atoms with E-state index in [1.54, 1.807) is 15.7 Å². The molecule has 6 heteroatoms. The average Bonchev–Trinajstić information content (AvgIpc) is 3.34. The van der Waals surface area contributed by atoms with Gasteiger partial charge in [0, 0.05) is 36.2 Å². The molecule has 1 aliphatic heterocycles. The Morgan fingerprint density at radius 1 is 1.29 bits per heavy atom. The maximum Gasteiger partial charge on any atom is 0.282 e. The molecular weight excluding hydrogens is 322 g/mol. The number of aromatic nitrogens is 1. The van der Waals surface area contributed by atoms with Gasteiger partial charge in [-0.05, 0) is 50.7 Å². The number of nitrogens with zero attached hydrogens (tertiary/aromatic N) is 2. The van der Waals surface area contributed by atoms with Crippen LogP contribution in [0.3, 0.4) is 0 Å². The minimum Gasteiger partial charge on any atom is -0.357 e. The second-order valence-corrected chi connectivity index (χ2v) is 9.14. The van der Waals surface area contributed by atoms with Gasteiger partial charge in [0.05, 0.1) is 6.04 Å². The highest BCUT2D eigenvalue weighted by Crippen LogP contribution is 2.39. The minimum absolute atomic E-state index is 0.0753. The third kappa shape index (κ3) is 2.39. The van der Waals surface area contributed by atoms with Gasteiger partial charge in [-0.15, -0.1) is 0 Å². The molecule has 0 saturated heterocycles. The summed E-state index contributed by atoms with van der Waals surface area (Å²) in [5, 5.41) is 1.22. The summed E-state index contributed by atoms with van der Waals surface area (Å²) in [6.07, 6.45) is 3.04. The summed E-state index contributed by atoms with van der Waals surface area (Å²) in [6.45, 7) is 4.55. The monoisotopic (exact) mass is 347 g/mol. The van der Waals surface area contributed by atoms with Crippen LogP contribution in [0.15, 0.2) is 24.3 Å². The molecule has 0 amide bonds. The molecule has 1 saturated carbocycles. The summed E-state index contributed by atoms with van der Waals surface area (Å²) in [5.41, 5.74) is 3.40. The maximum absolute atomic E-state index is 13.1. The van der Waals surface area contributed by atoms with Crippen LogP contribution in [0.1, 0.15) is 44.0 Å². The molecular formula is C18H25N3O2S. The van der Waals surface area contributed by atoms with E-state index in [1.165, 1.54) is 10.9 Å². The second-order valence-electron chi connectivity index (χ2n) is 7.20. The van der Waals surface area contributed by atoms with Crippen LogP contribution >= 0.6 is 0 Å². The van der Waals surface area contributed by atoms with Crippen molar-refractivity contribution in [3.8, 4) is 0 Å². The van der Waals surface area contributed by atoms with Crippen molar-refractivity contribution in [2.24, 2.45) is 5.92 Å². The fraction of sp³-hybridized carbons (Fsp3) is 0.556. The number of H-pyrrole nitrogens is 1. The SMILES string of the molecule is C[C@H](C1CC1)N(C)S(=O)(=O)N1CCc2c([nH]c3ccccc23)[C@@H]1C. The first kappa shape index (κ1) is 16.1. The number of rotatable bonds is 4. The molecule has 0 radical (unpaired) electrons. The van der Waals surface area contributed by atoms with E-state index in [1.807, 2.05) is 26.0 Å². The van der Waals surface area contributed by atoms with Crippen LogP contribution < -0.4 is 0 Å². The van der Waals surface area contributed by atoms with Gasteiger partial charge in [0.1, 0.15) is 0 Å². The molecule has 1 N–H and O–H groups in total. The molecule has 1 aromatic heterocycles. The molecule has 2 heterocycles. The molecule has 1 fully saturated rings. The van der Waals surface area contributed by atoms with E-state index in [0.29, 0.717) is 12.5 Å². The lowest BCUT2D eigenvalue weighted by Crippen LogP contribution is -2.49. The number of nitrogens with one attached hydrogen (secondary N) is 1. The van der Waals surface area contributed by atoms with Gasteiger partial charge < -0.3 is 4.98 Å². The molecule has 130 valence electrons. The lowest BCUT2D eigenvalue weighted by Gasteiger charge is -2.37. The van der Waals surface area contributed by atoms with Crippen LogP contribution in [0.2, 0.25) is 0 Å². The van der Waals surface area contributed by atoms with Gasteiger partial charge in [-0.25, -0.2) is 0 Å². The zero-order valence-corrected chi connectivity index (χ0v) is 15.3. The normalized spacial score (nSPS) is 23.6. The van der Waals surface area contributed by atoms with Crippen LogP contribution in [0.5, 0.6) is 0 Å². The van der Waals surface area contributed by atoms with Crippen molar-refractivity contribution in [1.29, 1.82) is 0 Å². The minimum atomic E-state index is -3.45. The van der Waals surface area contributed by atoms with E-state index in [4.69, 9.17) is 0 Å². The standard InChI is InChI=1S/C18H25N3O2S/c1-12(14-8-9-14)20(3)24(22,23)21-11-10-16-15-6-4-5-7-17(15)19-18(16)13(21)2/h4-7,12-14,19H,8-11H2,1-3H3/t12-,13+/m1/s1. The molecule has 2 aliphatic rings. The summed E-state index contributed by atoms with van der Waals surface area (Å²) in [5.74, 6) is 0.522. The molecule has 0 bridgehead atoms. The first-order valence-electron chi connectivity index (χ1n) is 8.75. The fourth-order valence-electron chi connectivity index (χ4n) is 3.97. The van der Waals surface area contributed by atoms with Gasteiger partial charge in [0.2, 0.25) is 0 Å². The zero-order valence-electron chi connectivity index (χ0n) is 14.5. The molecule has 24 heavy (non-hydrogen) atoms. The van der Waals surface area contributed by atoms with E-state index >= 15 is 0 Å². The Bertz CT molecular complexity index is 870. The topological polar surface area (TPSA) is 56.4 Å². The Labute approximate surface area is 143 Å². The molecule has 0 spiro atoms. The number of hydrogen-bond donors (Lipinski definition) is 1. The van der Waals surface area contributed by atoms with E-state index in [2.05, 4.69) is 17.1 Å². The highest BCUT2D eigenvalue weighted by atomic mass is 32.2. The predicted octanol–water partition coefficient (Wildman–Crippen LogP) is 3.06. The number of benzene rings is 1. The van der Waals surface area contributed by atoms with Crippen LogP contribution in [0.4, 0.5) is 0 Å². The first-order chi connectivity index (χ1) is 11.4.